The molecular weight excluding hydrogens is 216 g/mol. The Morgan fingerprint density at radius 2 is 2.25 bits per heavy atom. The monoisotopic (exact) mass is 232 g/mol. The number of nitriles is 1. The van der Waals surface area contributed by atoms with Crippen molar-refractivity contribution in [1.29, 1.82) is 5.26 Å². The van der Waals surface area contributed by atoms with Crippen LogP contribution in [-0.4, -0.2) is 12.3 Å². The Morgan fingerprint density at radius 1 is 1.50 bits per heavy atom. The van der Waals surface area contributed by atoms with E-state index in [1.54, 1.807) is 11.8 Å². The normalized spacial score (nSPS) is 16.6. The maximum atomic E-state index is 9.19. The summed E-state index contributed by atoms with van der Waals surface area (Å²) in [6.45, 7) is 2.20. The summed E-state index contributed by atoms with van der Waals surface area (Å²) in [5, 5.41) is 12.7. The highest BCUT2D eigenvalue weighted by molar-refractivity contribution is 7.98. The molecule has 1 aliphatic rings. The Balaban J connectivity index is 2.22. The molecule has 0 aromatic heterocycles. The van der Waals surface area contributed by atoms with Gasteiger partial charge in [0.05, 0.1) is 11.3 Å². The van der Waals surface area contributed by atoms with Crippen molar-refractivity contribution in [3.63, 3.8) is 0 Å². The van der Waals surface area contributed by atoms with Crippen molar-refractivity contribution >= 4 is 17.4 Å². The second-order valence-electron chi connectivity index (χ2n) is 4.27. The first kappa shape index (κ1) is 11.3. The summed E-state index contributed by atoms with van der Waals surface area (Å²) in [6.07, 6.45) is 4.64. The van der Waals surface area contributed by atoms with Crippen LogP contribution in [0.4, 0.5) is 5.69 Å². The highest BCUT2D eigenvalue weighted by atomic mass is 32.2. The van der Waals surface area contributed by atoms with Crippen LogP contribution >= 0.6 is 11.8 Å². The molecule has 3 heteroatoms. The number of hydrogen-bond donors (Lipinski definition) is 1. The third-order valence-electron chi connectivity index (χ3n) is 3.07. The predicted octanol–water partition coefficient (Wildman–Crippen LogP) is 3.49. The summed E-state index contributed by atoms with van der Waals surface area (Å²) in [6, 6.07) is 8.77. The zero-order valence-corrected chi connectivity index (χ0v) is 10.5. The maximum Gasteiger partial charge on any atom is 0.102 e. The molecule has 1 aromatic rings. The number of benzene rings is 1. The minimum atomic E-state index is 0.476. The minimum absolute atomic E-state index is 0.476. The Morgan fingerprint density at radius 3 is 2.81 bits per heavy atom. The molecule has 1 saturated carbocycles. The predicted molar refractivity (Wildman–Crippen MR) is 68.7 cm³/mol. The second kappa shape index (κ2) is 4.80. The topological polar surface area (TPSA) is 35.8 Å². The van der Waals surface area contributed by atoms with Gasteiger partial charge in [0.2, 0.25) is 0 Å². The Bertz CT molecular complexity index is 418. The molecule has 1 unspecified atom stereocenters. The number of nitrogens with zero attached hydrogens (tertiary/aromatic N) is 1. The molecule has 0 saturated heterocycles. The molecule has 0 amide bonds. The number of thioether (sulfide) groups is 1. The van der Waals surface area contributed by atoms with Crippen LogP contribution in [0.25, 0.3) is 0 Å². The molecule has 0 spiro atoms. The number of nitrogens with one attached hydrogen (secondary N) is 1. The Kier molecular flexibility index (Phi) is 3.40. The molecule has 2 nitrogen and oxygen atoms in total. The highest BCUT2D eigenvalue weighted by Crippen LogP contribution is 2.35. The molecular formula is C13H16N2S. The third kappa shape index (κ3) is 2.33. The zero-order valence-electron chi connectivity index (χ0n) is 9.66. The first-order valence-corrected chi connectivity index (χ1v) is 6.82. The van der Waals surface area contributed by atoms with E-state index in [1.165, 1.54) is 12.8 Å². The van der Waals surface area contributed by atoms with Gasteiger partial charge in [0.25, 0.3) is 0 Å². The summed E-state index contributed by atoms with van der Waals surface area (Å²) < 4.78 is 0. The van der Waals surface area contributed by atoms with E-state index in [0.717, 1.165) is 22.1 Å². The van der Waals surface area contributed by atoms with Crippen molar-refractivity contribution in [3.05, 3.63) is 23.8 Å². The van der Waals surface area contributed by atoms with Gasteiger partial charge in [-0.3, -0.25) is 0 Å². The molecule has 84 valence electrons. The lowest BCUT2D eigenvalue weighted by Crippen LogP contribution is -2.18. The smallest absolute Gasteiger partial charge is 0.102 e. The Hall–Kier alpha value is -1.14. The number of hydrogen-bond acceptors (Lipinski definition) is 3. The van der Waals surface area contributed by atoms with Gasteiger partial charge in [0.1, 0.15) is 6.07 Å². The standard InChI is InChI=1S/C13H16N2S/c1-9(10-6-7-10)15-12-4-3-5-13(16-2)11(12)8-14/h3-5,9-10,15H,6-7H2,1-2H3. The third-order valence-corrected chi connectivity index (χ3v) is 3.85. The van der Waals surface area contributed by atoms with Gasteiger partial charge in [0, 0.05) is 10.9 Å². The van der Waals surface area contributed by atoms with Crippen molar-refractivity contribution < 1.29 is 0 Å². The van der Waals surface area contributed by atoms with Crippen LogP contribution < -0.4 is 5.32 Å². The lowest BCUT2D eigenvalue weighted by molar-refractivity contribution is 0.693. The minimum Gasteiger partial charge on any atom is -0.381 e. The fourth-order valence-corrected chi connectivity index (χ4v) is 2.47. The van der Waals surface area contributed by atoms with Crippen LogP contribution in [0.15, 0.2) is 23.1 Å². The van der Waals surface area contributed by atoms with E-state index in [0.29, 0.717) is 6.04 Å². The maximum absolute atomic E-state index is 9.19. The summed E-state index contributed by atoms with van der Waals surface area (Å²) >= 11 is 1.62. The molecule has 0 bridgehead atoms. The molecule has 1 atom stereocenters. The highest BCUT2D eigenvalue weighted by Gasteiger charge is 2.28. The molecule has 16 heavy (non-hydrogen) atoms. The fraction of sp³-hybridized carbons (Fsp3) is 0.462. The van der Waals surface area contributed by atoms with Crippen molar-refractivity contribution in [2.24, 2.45) is 5.92 Å². The SMILES string of the molecule is CSc1cccc(NC(C)C2CC2)c1C#N. The van der Waals surface area contributed by atoms with Crippen molar-refractivity contribution in [1.82, 2.24) is 0 Å². The van der Waals surface area contributed by atoms with Gasteiger partial charge in [0.15, 0.2) is 0 Å². The Labute approximate surface area is 101 Å². The summed E-state index contributed by atoms with van der Waals surface area (Å²) in [5.41, 5.74) is 1.76. The lowest BCUT2D eigenvalue weighted by Gasteiger charge is -2.16. The first-order chi connectivity index (χ1) is 7.76. The molecule has 1 N–H and O–H groups in total. The van der Waals surface area contributed by atoms with Crippen LogP contribution in [0.1, 0.15) is 25.3 Å². The van der Waals surface area contributed by atoms with Gasteiger partial charge >= 0.3 is 0 Å². The van der Waals surface area contributed by atoms with Gasteiger partial charge in [-0.25, -0.2) is 0 Å². The number of rotatable bonds is 4. The van der Waals surface area contributed by atoms with E-state index in [9.17, 15) is 5.26 Å². The van der Waals surface area contributed by atoms with Gasteiger partial charge < -0.3 is 5.32 Å². The molecule has 1 aromatic carbocycles. The van der Waals surface area contributed by atoms with Crippen molar-refractivity contribution in [3.8, 4) is 6.07 Å². The van der Waals surface area contributed by atoms with E-state index >= 15 is 0 Å². The van der Waals surface area contributed by atoms with Gasteiger partial charge in [-0.05, 0) is 44.1 Å². The van der Waals surface area contributed by atoms with E-state index in [2.05, 4.69) is 18.3 Å². The fourth-order valence-electron chi connectivity index (χ4n) is 1.90. The molecule has 0 radical (unpaired) electrons. The zero-order chi connectivity index (χ0) is 11.5. The molecule has 2 rings (SSSR count). The largest absolute Gasteiger partial charge is 0.381 e. The molecule has 1 fully saturated rings. The van der Waals surface area contributed by atoms with Crippen LogP contribution in [-0.2, 0) is 0 Å². The van der Waals surface area contributed by atoms with Crippen molar-refractivity contribution in [2.45, 2.75) is 30.7 Å². The van der Waals surface area contributed by atoms with Crippen LogP contribution in [0.3, 0.4) is 0 Å². The summed E-state index contributed by atoms with van der Waals surface area (Å²) in [7, 11) is 0. The summed E-state index contributed by atoms with van der Waals surface area (Å²) in [5.74, 6) is 0.796. The van der Waals surface area contributed by atoms with E-state index in [-0.39, 0.29) is 0 Å². The molecule has 0 aliphatic heterocycles. The van der Waals surface area contributed by atoms with E-state index in [4.69, 9.17) is 0 Å². The van der Waals surface area contributed by atoms with E-state index in [1.807, 2.05) is 24.5 Å². The van der Waals surface area contributed by atoms with Crippen molar-refractivity contribution in [2.75, 3.05) is 11.6 Å². The van der Waals surface area contributed by atoms with E-state index < -0.39 is 0 Å². The molecule has 0 heterocycles. The summed E-state index contributed by atoms with van der Waals surface area (Å²) in [4.78, 5) is 1.05. The first-order valence-electron chi connectivity index (χ1n) is 5.60. The quantitative estimate of drug-likeness (QED) is 0.807. The second-order valence-corrected chi connectivity index (χ2v) is 5.11. The van der Waals surface area contributed by atoms with Gasteiger partial charge in [-0.1, -0.05) is 6.07 Å². The van der Waals surface area contributed by atoms with Gasteiger partial charge in [-0.15, -0.1) is 11.8 Å². The van der Waals surface area contributed by atoms with Crippen LogP contribution in [0.2, 0.25) is 0 Å². The average molecular weight is 232 g/mol. The number of anilines is 1. The molecule has 1 aliphatic carbocycles. The van der Waals surface area contributed by atoms with Crippen LogP contribution in [0.5, 0.6) is 0 Å². The van der Waals surface area contributed by atoms with Crippen LogP contribution in [0, 0.1) is 17.2 Å². The lowest BCUT2D eigenvalue weighted by atomic mass is 10.1. The van der Waals surface area contributed by atoms with Gasteiger partial charge in [-0.2, -0.15) is 5.26 Å². The average Bonchev–Trinajstić information content (AvgIpc) is 3.12.